The van der Waals surface area contributed by atoms with E-state index in [0.29, 0.717) is 18.7 Å². The van der Waals surface area contributed by atoms with Crippen LogP contribution < -0.4 is 5.32 Å². The third-order valence-electron chi connectivity index (χ3n) is 3.15. The van der Waals surface area contributed by atoms with Crippen molar-refractivity contribution in [2.75, 3.05) is 11.9 Å². The van der Waals surface area contributed by atoms with Crippen LogP contribution in [0.2, 0.25) is 0 Å². The zero-order valence-corrected chi connectivity index (χ0v) is 12.8. The second-order valence-electron chi connectivity index (χ2n) is 4.85. The summed E-state index contributed by atoms with van der Waals surface area (Å²) >= 11 is 0. The van der Waals surface area contributed by atoms with Gasteiger partial charge in [-0.15, -0.1) is 0 Å². The molecule has 6 nitrogen and oxygen atoms in total. The fourth-order valence-electron chi connectivity index (χ4n) is 2.04. The molecule has 23 heavy (non-hydrogen) atoms. The van der Waals surface area contributed by atoms with E-state index < -0.39 is 5.91 Å². The number of anilines is 1. The molecule has 6 heteroatoms. The minimum Gasteiger partial charge on any atom is -0.507 e. The van der Waals surface area contributed by atoms with Gasteiger partial charge >= 0.3 is 5.97 Å². The van der Waals surface area contributed by atoms with Crippen molar-refractivity contribution in [3.8, 4) is 5.75 Å². The molecule has 2 N–H and O–H groups in total. The van der Waals surface area contributed by atoms with Gasteiger partial charge in [0.15, 0.2) is 0 Å². The normalized spacial score (nSPS) is 10.1. The third-order valence-corrected chi connectivity index (χ3v) is 3.15. The van der Waals surface area contributed by atoms with E-state index >= 15 is 0 Å². The number of phenolic OH excluding ortho intramolecular Hbond substituents is 1. The molecule has 0 aliphatic carbocycles. The van der Waals surface area contributed by atoms with Crippen LogP contribution in [0.15, 0.2) is 42.7 Å². The topological polar surface area (TPSA) is 88.5 Å². The van der Waals surface area contributed by atoms with Gasteiger partial charge in [0.2, 0.25) is 0 Å². The van der Waals surface area contributed by atoms with Gasteiger partial charge in [-0.3, -0.25) is 14.6 Å². The second kappa shape index (κ2) is 7.93. The zero-order valence-electron chi connectivity index (χ0n) is 12.8. The summed E-state index contributed by atoms with van der Waals surface area (Å²) in [5.41, 5.74) is 1.45. The molecule has 1 heterocycles. The van der Waals surface area contributed by atoms with E-state index in [4.69, 9.17) is 4.74 Å². The predicted molar refractivity (Wildman–Crippen MR) is 85.3 cm³/mol. The van der Waals surface area contributed by atoms with Crippen LogP contribution in [-0.4, -0.2) is 28.6 Å². The molecule has 0 aliphatic heterocycles. The van der Waals surface area contributed by atoms with Crippen molar-refractivity contribution in [2.45, 2.75) is 19.8 Å². The van der Waals surface area contributed by atoms with Gasteiger partial charge < -0.3 is 15.2 Å². The molecule has 0 radical (unpaired) electrons. The fraction of sp³-hybridized carbons (Fsp3) is 0.235. The van der Waals surface area contributed by atoms with Crippen LogP contribution in [0.25, 0.3) is 0 Å². The Morgan fingerprint density at radius 3 is 2.83 bits per heavy atom. The first-order valence-corrected chi connectivity index (χ1v) is 7.29. The molecule has 0 saturated heterocycles. The summed E-state index contributed by atoms with van der Waals surface area (Å²) in [5.74, 6) is -0.846. The average Bonchev–Trinajstić information content (AvgIpc) is 2.55. The van der Waals surface area contributed by atoms with Crippen LogP contribution in [-0.2, 0) is 16.0 Å². The van der Waals surface area contributed by atoms with Crippen LogP contribution in [0.1, 0.15) is 29.3 Å². The van der Waals surface area contributed by atoms with Gasteiger partial charge in [-0.2, -0.15) is 0 Å². The van der Waals surface area contributed by atoms with Gasteiger partial charge in [0.1, 0.15) is 5.75 Å². The number of carbonyl (C=O) groups excluding carboxylic acids is 2. The summed E-state index contributed by atoms with van der Waals surface area (Å²) in [5, 5.41) is 12.5. The van der Waals surface area contributed by atoms with E-state index in [1.54, 1.807) is 37.4 Å². The SMILES string of the molecule is CCOC(=O)CCc1ccc(O)c(C(=O)Nc2cccnc2)c1. The first-order chi connectivity index (χ1) is 11.1. The Balaban J connectivity index is 2.07. The minimum atomic E-state index is -0.437. The van der Waals surface area contributed by atoms with Gasteiger partial charge in [0.25, 0.3) is 5.91 Å². The number of phenols is 1. The standard InChI is InChI=1S/C17H18N2O4/c1-2-23-16(21)8-6-12-5-7-15(20)14(10-12)17(22)19-13-4-3-9-18-11-13/h3-5,7,9-11,20H,2,6,8H2,1H3,(H,19,22). The fourth-order valence-corrected chi connectivity index (χ4v) is 2.04. The first kappa shape index (κ1) is 16.5. The Kier molecular flexibility index (Phi) is 5.68. The number of nitrogens with one attached hydrogen (secondary N) is 1. The number of benzene rings is 1. The number of amides is 1. The monoisotopic (exact) mass is 314 g/mol. The van der Waals surface area contributed by atoms with E-state index in [2.05, 4.69) is 10.3 Å². The molecule has 0 atom stereocenters. The van der Waals surface area contributed by atoms with E-state index in [0.717, 1.165) is 5.56 Å². The van der Waals surface area contributed by atoms with E-state index in [-0.39, 0.29) is 23.7 Å². The molecule has 120 valence electrons. The number of hydrogen-bond donors (Lipinski definition) is 2. The van der Waals surface area contributed by atoms with E-state index in [1.807, 2.05) is 0 Å². The number of ether oxygens (including phenoxy) is 1. The van der Waals surface area contributed by atoms with Crippen molar-refractivity contribution in [1.82, 2.24) is 4.98 Å². The van der Waals surface area contributed by atoms with Crippen molar-refractivity contribution in [3.63, 3.8) is 0 Å². The Bertz CT molecular complexity index is 686. The van der Waals surface area contributed by atoms with Crippen LogP contribution in [0.3, 0.4) is 0 Å². The van der Waals surface area contributed by atoms with Crippen LogP contribution in [0.5, 0.6) is 5.75 Å². The second-order valence-corrected chi connectivity index (χ2v) is 4.85. The highest BCUT2D eigenvalue weighted by Crippen LogP contribution is 2.21. The molecule has 0 bridgehead atoms. The molecule has 2 rings (SSSR count). The number of carbonyl (C=O) groups is 2. The lowest BCUT2D eigenvalue weighted by atomic mass is 10.0. The Hall–Kier alpha value is -2.89. The van der Waals surface area contributed by atoms with E-state index in [1.165, 1.54) is 12.3 Å². The third kappa shape index (κ3) is 4.81. The lowest BCUT2D eigenvalue weighted by Gasteiger charge is -2.09. The highest BCUT2D eigenvalue weighted by atomic mass is 16.5. The molecule has 1 aromatic carbocycles. The van der Waals surface area contributed by atoms with Gasteiger partial charge in [-0.1, -0.05) is 6.07 Å². The summed E-state index contributed by atoms with van der Waals surface area (Å²) < 4.78 is 4.87. The van der Waals surface area contributed by atoms with E-state index in [9.17, 15) is 14.7 Å². The van der Waals surface area contributed by atoms with Crippen molar-refractivity contribution < 1.29 is 19.4 Å². The number of aromatic nitrogens is 1. The first-order valence-electron chi connectivity index (χ1n) is 7.29. The van der Waals surface area contributed by atoms with Crippen LogP contribution in [0.4, 0.5) is 5.69 Å². The molecule has 0 spiro atoms. The highest BCUT2D eigenvalue weighted by molar-refractivity contribution is 6.06. The lowest BCUT2D eigenvalue weighted by molar-refractivity contribution is -0.143. The zero-order chi connectivity index (χ0) is 16.7. The average molecular weight is 314 g/mol. The number of esters is 1. The smallest absolute Gasteiger partial charge is 0.306 e. The number of nitrogens with zero attached hydrogens (tertiary/aromatic N) is 1. The molecule has 1 aromatic heterocycles. The molecule has 0 aliphatic rings. The number of aryl methyl sites for hydroxylation is 1. The van der Waals surface area contributed by atoms with Gasteiger partial charge in [-0.05, 0) is 43.2 Å². The predicted octanol–water partition coefficient (Wildman–Crippen LogP) is 2.54. The molecular formula is C17H18N2O4. The molecule has 1 amide bonds. The Morgan fingerprint density at radius 1 is 1.30 bits per heavy atom. The molecular weight excluding hydrogens is 296 g/mol. The number of aromatic hydroxyl groups is 1. The van der Waals surface area contributed by atoms with Crippen molar-refractivity contribution in [2.24, 2.45) is 0 Å². The Morgan fingerprint density at radius 2 is 2.13 bits per heavy atom. The quantitative estimate of drug-likeness (QED) is 0.800. The van der Waals surface area contributed by atoms with Gasteiger partial charge in [0, 0.05) is 12.6 Å². The summed E-state index contributed by atoms with van der Waals surface area (Å²) in [6.45, 7) is 2.09. The lowest BCUT2D eigenvalue weighted by Crippen LogP contribution is -2.13. The van der Waals surface area contributed by atoms with Gasteiger partial charge in [-0.25, -0.2) is 0 Å². The van der Waals surface area contributed by atoms with Crippen LogP contribution >= 0.6 is 0 Å². The van der Waals surface area contributed by atoms with Crippen molar-refractivity contribution in [3.05, 3.63) is 53.9 Å². The summed E-state index contributed by atoms with van der Waals surface area (Å²) in [6, 6.07) is 8.09. The van der Waals surface area contributed by atoms with Crippen molar-refractivity contribution >= 4 is 17.6 Å². The molecule has 0 saturated carbocycles. The maximum atomic E-state index is 12.2. The number of rotatable bonds is 6. The molecule has 0 fully saturated rings. The summed E-state index contributed by atoms with van der Waals surface area (Å²) in [6.07, 6.45) is 3.78. The van der Waals surface area contributed by atoms with Crippen molar-refractivity contribution in [1.29, 1.82) is 0 Å². The minimum absolute atomic E-state index is 0.119. The number of hydrogen-bond acceptors (Lipinski definition) is 5. The highest BCUT2D eigenvalue weighted by Gasteiger charge is 2.13. The maximum Gasteiger partial charge on any atom is 0.306 e. The van der Waals surface area contributed by atoms with Crippen LogP contribution in [0, 0.1) is 0 Å². The number of pyridine rings is 1. The Labute approximate surface area is 134 Å². The molecule has 2 aromatic rings. The molecule has 0 unspecified atom stereocenters. The largest absolute Gasteiger partial charge is 0.507 e. The summed E-state index contributed by atoms with van der Waals surface area (Å²) in [7, 11) is 0. The summed E-state index contributed by atoms with van der Waals surface area (Å²) in [4.78, 5) is 27.5. The maximum absolute atomic E-state index is 12.2. The van der Waals surface area contributed by atoms with Gasteiger partial charge in [0.05, 0.1) is 24.1 Å².